The molecule has 0 aliphatic carbocycles. The third-order valence-corrected chi connectivity index (χ3v) is 3.93. The van der Waals surface area contributed by atoms with Crippen LogP contribution in [0.4, 0.5) is 0 Å². The first-order chi connectivity index (χ1) is 10.1. The molecule has 4 heteroatoms. The van der Waals surface area contributed by atoms with E-state index < -0.39 is 0 Å². The quantitative estimate of drug-likeness (QED) is 0.904. The van der Waals surface area contributed by atoms with Crippen LogP contribution in [0.3, 0.4) is 0 Å². The van der Waals surface area contributed by atoms with Crippen molar-refractivity contribution in [3.05, 3.63) is 57.9 Å². The van der Waals surface area contributed by atoms with Crippen molar-refractivity contribution in [2.24, 2.45) is 0 Å². The van der Waals surface area contributed by atoms with Crippen LogP contribution < -0.4 is 10.1 Å². The summed E-state index contributed by atoms with van der Waals surface area (Å²) in [5, 5.41) is 4.19. The number of aryl methyl sites for hydroxylation is 2. The van der Waals surface area contributed by atoms with E-state index >= 15 is 0 Å². The molecule has 1 N–H and O–H groups in total. The van der Waals surface area contributed by atoms with Crippen molar-refractivity contribution in [1.82, 2.24) is 10.3 Å². The molecule has 112 valence electrons. The van der Waals surface area contributed by atoms with Gasteiger partial charge in [0, 0.05) is 12.4 Å². The maximum Gasteiger partial charge on any atom is 0.122 e. The van der Waals surface area contributed by atoms with Crippen molar-refractivity contribution in [1.29, 1.82) is 0 Å². The van der Waals surface area contributed by atoms with Gasteiger partial charge in [-0.2, -0.15) is 0 Å². The Labute approximate surface area is 131 Å². The van der Waals surface area contributed by atoms with Gasteiger partial charge in [0.05, 0.1) is 18.2 Å². The molecule has 0 saturated heterocycles. The molecule has 1 heterocycles. The van der Waals surface area contributed by atoms with Crippen molar-refractivity contribution in [2.45, 2.75) is 26.8 Å². The maximum absolute atomic E-state index is 6.33. The lowest BCUT2D eigenvalue weighted by Crippen LogP contribution is -2.23. The van der Waals surface area contributed by atoms with Crippen molar-refractivity contribution >= 4 is 11.6 Å². The molecular formula is C17H21ClN2O. The highest BCUT2D eigenvalue weighted by molar-refractivity contribution is 6.31. The fraction of sp³-hybridized carbons (Fsp3) is 0.353. The molecule has 0 bridgehead atoms. The van der Waals surface area contributed by atoms with E-state index in [1.165, 1.54) is 11.1 Å². The Bertz CT molecular complexity index is 628. The zero-order valence-electron chi connectivity index (χ0n) is 12.9. The average Bonchev–Trinajstić information content (AvgIpc) is 2.48. The van der Waals surface area contributed by atoms with Gasteiger partial charge < -0.3 is 10.1 Å². The normalized spacial score (nSPS) is 12.2. The molecule has 0 saturated carbocycles. The van der Waals surface area contributed by atoms with Crippen molar-refractivity contribution in [2.75, 3.05) is 13.7 Å². The number of nitrogens with zero attached hydrogens (tertiary/aromatic N) is 1. The van der Waals surface area contributed by atoms with E-state index in [1.807, 2.05) is 6.07 Å². The van der Waals surface area contributed by atoms with Gasteiger partial charge >= 0.3 is 0 Å². The molecule has 1 atom stereocenters. The van der Waals surface area contributed by atoms with E-state index in [0.717, 1.165) is 23.4 Å². The molecule has 1 aromatic heterocycles. The van der Waals surface area contributed by atoms with E-state index in [2.05, 4.69) is 43.2 Å². The van der Waals surface area contributed by atoms with Crippen LogP contribution in [-0.4, -0.2) is 18.6 Å². The highest BCUT2D eigenvalue weighted by Crippen LogP contribution is 2.32. The van der Waals surface area contributed by atoms with E-state index in [9.17, 15) is 0 Å². The van der Waals surface area contributed by atoms with Crippen molar-refractivity contribution < 1.29 is 4.74 Å². The Morgan fingerprint density at radius 3 is 2.62 bits per heavy atom. The van der Waals surface area contributed by atoms with Crippen LogP contribution in [0.5, 0.6) is 5.75 Å². The lowest BCUT2D eigenvalue weighted by atomic mass is 9.93. The smallest absolute Gasteiger partial charge is 0.122 e. The summed E-state index contributed by atoms with van der Waals surface area (Å²) in [5.74, 6) is 0.910. The predicted octanol–water partition coefficient (Wildman–Crippen LogP) is 4.06. The standard InChI is InChI=1S/C17H21ClN2O/c1-5-20-17(13-6-7-19-10-15(13)18)14-8-12(3)16(21-4)9-11(14)2/h6-10,17,20H,5H2,1-4H3. The van der Waals surface area contributed by atoms with Gasteiger partial charge in [0.25, 0.3) is 0 Å². The molecule has 0 aliphatic heterocycles. The van der Waals surface area contributed by atoms with Gasteiger partial charge in [0.15, 0.2) is 0 Å². The first-order valence-electron chi connectivity index (χ1n) is 7.06. The van der Waals surface area contributed by atoms with E-state index in [1.54, 1.807) is 19.5 Å². The fourth-order valence-corrected chi connectivity index (χ4v) is 2.78. The second kappa shape index (κ2) is 6.92. The number of methoxy groups -OCH3 is 1. The summed E-state index contributed by atoms with van der Waals surface area (Å²) in [4.78, 5) is 4.07. The molecule has 2 aromatic rings. The van der Waals surface area contributed by atoms with Gasteiger partial charge in [-0.3, -0.25) is 4.98 Å². The first kappa shape index (κ1) is 15.8. The van der Waals surface area contributed by atoms with E-state index in [4.69, 9.17) is 16.3 Å². The van der Waals surface area contributed by atoms with Crippen molar-refractivity contribution in [3.8, 4) is 5.75 Å². The molecule has 3 nitrogen and oxygen atoms in total. The van der Waals surface area contributed by atoms with Gasteiger partial charge in [-0.05, 0) is 54.8 Å². The van der Waals surface area contributed by atoms with Crippen LogP contribution in [0.25, 0.3) is 0 Å². The van der Waals surface area contributed by atoms with Crippen LogP contribution in [-0.2, 0) is 0 Å². The van der Waals surface area contributed by atoms with E-state index in [-0.39, 0.29) is 6.04 Å². The minimum Gasteiger partial charge on any atom is -0.496 e. The van der Waals surface area contributed by atoms with Gasteiger partial charge in [-0.1, -0.05) is 24.6 Å². The number of pyridine rings is 1. The van der Waals surface area contributed by atoms with Crippen LogP contribution in [0.2, 0.25) is 5.02 Å². The summed E-state index contributed by atoms with van der Waals surface area (Å²) in [6, 6.07) is 6.26. The summed E-state index contributed by atoms with van der Waals surface area (Å²) >= 11 is 6.33. The number of benzene rings is 1. The third kappa shape index (κ3) is 3.36. The molecule has 0 fully saturated rings. The summed E-state index contributed by atoms with van der Waals surface area (Å²) in [5.41, 5.74) is 4.55. The zero-order valence-corrected chi connectivity index (χ0v) is 13.7. The molecule has 21 heavy (non-hydrogen) atoms. The average molecular weight is 305 g/mol. The van der Waals surface area contributed by atoms with E-state index in [0.29, 0.717) is 5.02 Å². The number of hydrogen-bond donors (Lipinski definition) is 1. The van der Waals surface area contributed by atoms with Crippen LogP contribution >= 0.6 is 11.6 Å². The van der Waals surface area contributed by atoms with Crippen LogP contribution in [0, 0.1) is 13.8 Å². The SMILES string of the molecule is CCNC(c1cc(C)c(OC)cc1C)c1ccncc1Cl. The van der Waals surface area contributed by atoms with Crippen molar-refractivity contribution in [3.63, 3.8) is 0 Å². The third-order valence-electron chi connectivity index (χ3n) is 3.62. The number of ether oxygens (including phenoxy) is 1. The molecular weight excluding hydrogens is 284 g/mol. The Kier molecular flexibility index (Phi) is 5.21. The second-order valence-corrected chi connectivity index (χ2v) is 5.47. The molecule has 0 radical (unpaired) electrons. The Morgan fingerprint density at radius 2 is 2.00 bits per heavy atom. The summed E-state index contributed by atoms with van der Waals surface area (Å²) in [7, 11) is 1.70. The minimum absolute atomic E-state index is 0.0510. The second-order valence-electron chi connectivity index (χ2n) is 5.07. The fourth-order valence-electron chi connectivity index (χ4n) is 2.55. The minimum atomic E-state index is 0.0510. The number of hydrogen-bond acceptors (Lipinski definition) is 3. The Hall–Kier alpha value is -1.58. The summed E-state index contributed by atoms with van der Waals surface area (Å²) in [6.45, 7) is 7.09. The number of nitrogens with one attached hydrogen (secondary N) is 1. The Balaban J connectivity index is 2.53. The lowest BCUT2D eigenvalue weighted by molar-refractivity contribution is 0.411. The first-order valence-corrected chi connectivity index (χ1v) is 7.44. The van der Waals surface area contributed by atoms with Crippen LogP contribution in [0.1, 0.15) is 35.2 Å². The Morgan fingerprint density at radius 1 is 1.24 bits per heavy atom. The zero-order chi connectivity index (χ0) is 15.4. The van der Waals surface area contributed by atoms with Gasteiger partial charge in [-0.25, -0.2) is 0 Å². The monoisotopic (exact) mass is 304 g/mol. The van der Waals surface area contributed by atoms with Crippen LogP contribution in [0.15, 0.2) is 30.6 Å². The largest absolute Gasteiger partial charge is 0.496 e. The molecule has 2 rings (SSSR count). The molecule has 0 aliphatic rings. The van der Waals surface area contributed by atoms with Gasteiger partial charge in [0.1, 0.15) is 5.75 Å². The van der Waals surface area contributed by atoms with Gasteiger partial charge in [-0.15, -0.1) is 0 Å². The molecule has 1 aromatic carbocycles. The molecule has 1 unspecified atom stereocenters. The molecule has 0 amide bonds. The summed E-state index contributed by atoms with van der Waals surface area (Å²) < 4.78 is 5.39. The highest BCUT2D eigenvalue weighted by Gasteiger charge is 2.19. The lowest BCUT2D eigenvalue weighted by Gasteiger charge is -2.23. The topological polar surface area (TPSA) is 34.1 Å². The van der Waals surface area contributed by atoms with Gasteiger partial charge in [0.2, 0.25) is 0 Å². The number of aromatic nitrogens is 1. The maximum atomic E-state index is 6.33. The molecule has 0 spiro atoms. The number of halogens is 1. The highest BCUT2D eigenvalue weighted by atomic mass is 35.5. The predicted molar refractivity (Wildman–Crippen MR) is 87.2 cm³/mol. The summed E-state index contributed by atoms with van der Waals surface area (Å²) in [6.07, 6.45) is 3.46. The number of rotatable bonds is 5.